The second-order valence-electron chi connectivity index (χ2n) is 6.33. The van der Waals surface area contributed by atoms with Crippen molar-refractivity contribution in [3.05, 3.63) is 69.9 Å². The van der Waals surface area contributed by atoms with Gasteiger partial charge in [-0.2, -0.15) is 21.5 Å². The van der Waals surface area contributed by atoms with Crippen LogP contribution in [-0.4, -0.2) is 25.0 Å². The van der Waals surface area contributed by atoms with Gasteiger partial charge < -0.3 is 4.98 Å². The number of aromatic nitrogens is 5. The average molecular weight is 373 g/mol. The smallest absolute Gasteiger partial charge is 0.273 e. The van der Waals surface area contributed by atoms with Crippen molar-refractivity contribution >= 4 is 22.2 Å². The first-order chi connectivity index (χ1) is 13.2. The number of aromatic amines is 2. The van der Waals surface area contributed by atoms with Crippen LogP contribution in [0, 0.1) is 0 Å². The summed E-state index contributed by atoms with van der Waals surface area (Å²) in [6, 6.07) is 11.9. The standard InChI is InChI=1S/C20H15N5OS/c1-25-10-13(9-21-25)18-14-4-2-3-5-16(14)22-19(18)15-8-17(23-24-20(15)26)12-6-7-27-11-12/h2-11,22H,1H3,(H,24,26). The molecule has 0 aliphatic heterocycles. The number of hydrogen-bond donors (Lipinski definition) is 2. The summed E-state index contributed by atoms with van der Waals surface area (Å²) < 4.78 is 1.76. The lowest BCUT2D eigenvalue weighted by Crippen LogP contribution is -2.11. The SMILES string of the molecule is Cn1cc(-c2c(-c3cc(-c4ccsc4)n[nH]c3=O)[nH]c3ccccc23)cn1. The van der Waals surface area contributed by atoms with Crippen molar-refractivity contribution in [2.45, 2.75) is 0 Å². The van der Waals surface area contributed by atoms with E-state index in [0.717, 1.165) is 39.0 Å². The minimum absolute atomic E-state index is 0.231. The highest BCUT2D eigenvalue weighted by Crippen LogP contribution is 2.37. The molecule has 6 nitrogen and oxygen atoms in total. The number of nitrogens with zero attached hydrogens (tertiary/aromatic N) is 3. The quantitative estimate of drug-likeness (QED) is 0.501. The van der Waals surface area contributed by atoms with Crippen molar-refractivity contribution in [2.24, 2.45) is 7.05 Å². The molecule has 7 heteroatoms. The van der Waals surface area contributed by atoms with Gasteiger partial charge in [0, 0.05) is 46.2 Å². The predicted molar refractivity (Wildman–Crippen MR) is 108 cm³/mol. The van der Waals surface area contributed by atoms with E-state index in [4.69, 9.17) is 0 Å². The Morgan fingerprint density at radius 1 is 1.15 bits per heavy atom. The van der Waals surface area contributed by atoms with E-state index in [1.54, 1.807) is 16.0 Å². The highest BCUT2D eigenvalue weighted by atomic mass is 32.1. The topological polar surface area (TPSA) is 79.4 Å². The van der Waals surface area contributed by atoms with Crippen molar-refractivity contribution in [3.63, 3.8) is 0 Å². The molecule has 0 unspecified atom stereocenters. The van der Waals surface area contributed by atoms with E-state index in [0.29, 0.717) is 5.56 Å². The van der Waals surface area contributed by atoms with Crippen LogP contribution in [0.15, 0.2) is 64.3 Å². The van der Waals surface area contributed by atoms with Gasteiger partial charge in [0.05, 0.1) is 23.1 Å². The normalized spacial score (nSPS) is 11.3. The minimum atomic E-state index is -0.231. The molecule has 2 N–H and O–H groups in total. The Kier molecular flexibility index (Phi) is 3.54. The molecule has 1 aromatic carbocycles. The lowest BCUT2D eigenvalue weighted by molar-refractivity contribution is 0.768. The zero-order chi connectivity index (χ0) is 18.4. The molecule has 5 rings (SSSR count). The number of benzene rings is 1. The molecule has 0 bridgehead atoms. The molecular formula is C20H15N5OS. The first-order valence-corrected chi connectivity index (χ1v) is 9.37. The van der Waals surface area contributed by atoms with Gasteiger partial charge in [-0.25, -0.2) is 5.10 Å². The van der Waals surface area contributed by atoms with E-state index in [9.17, 15) is 4.79 Å². The predicted octanol–water partition coefficient (Wildman–Crippen LogP) is 4.05. The fraction of sp³-hybridized carbons (Fsp3) is 0.0500. The van der Waals surface area contributed by atoms with Gasteiger partial charge >= 0.3 is 0 Å². The van der Waals surface area contributed by atoms with Crippen molar-refractivity contribution < 1.29 is 0 Å². The van der Waals surface area contributed by atoms with Gasteiger partial charge in [-0.15, -0.1) is 0 Å². The third kappa shape index (κ3) is 2.60. The number of H-pyrrole nitrogens is 2. The maximum Gasteiger partial charge on any atom is 0.273 e. The Hall–Kier alpha value is -3.45. The Balaban J connectivity index is 1.81. The molecule has 132 valence electrons. The number of thiophene rings is 1. The summed E-state index contributed by atoms with van der Waals surface area (Å²) >= 11 is 1.60. The van der Waals surface area contributed by atoms with Crippen molar-refractivity contribution in [1.29, 1.82) is 0 Å². The van der Waals surface area contributed by atoms with E-state index in [1.165, 1.54) is 0 Å². The monoisotopic (exact) mass is 373 g/mol. The fourth-order valence-corrected chi connectivity index (χ4v) is 3.99. The third-order valence-corrected chi connectivity index (χ3v) is 5.27. The van der Waals surface area contributed by atoms with Crippen LogP contribution in [-0.2, 0) is 7.05 Å². The zero-order valence-electron chi connectivity index (χ0n) is 14.4. The molecule has 0 spiro atoms. The Labute approximate surface area is 158 Å². The van der Waals surface area contributed by atoms with E-state index in [2.05, 4.69) is 20.3 Å². The van der Waals surface area contributed by atoms with Crippen LogP contribution in [0.3, 0.4) is 0 Å². The summed E-state index contributed by atoms with van der Waals surface area (Å²) in [6.07, 6.45) is 3.77. The maximum atomic E-state index is 12.7. The van der Waals surface area contributed by atoms with Crippen molar-refractivity contribution in [2.75, 3.05) is 0 Å². The molecule has 0 amide bonds. The summed E-state index contributed by atoms with van der Waals surface area (Å²) in [7, 11) is 1.88. The molecule has 5 aromatic rings. The van der Waals surface area contributed by atoms with Crippen LogP contribution < -0.4 is 5.56 Å². The number of aryl methyl sites for hydroxylation is 1. The number of fused-ring (bicyclic) bond motifs is 1. The van der Waals surface area contributed by atoms with E-state index in [-0.39, 0.29) is 5.56 Å². The van der Waals surface area contributed by atoms with Gasteiger partial charge in [0.2, 0.25) is 0 Å². The van der Waals surface area contributed by atoms with Crippen molar-refractivity contribution in [1.82, 2.24) is 25.0 Å². The van der Waals surface area contributed by atoms with Gasteiger partial charge in [-0.05, 0) is 23.6 Å². The molecule has 0 aliphatic carbocycles. The van der Waals surface area contributed by atoms with Gasteiger partial charge in [0.1, 0.15) is 0 Å². The fourth-order valence-electron chi connectivity index (χ4n) is 3.34. The van der Waals surface area contributed by atoms with Crippen LogP contribution in [0.25, 0.3) is 44.5 Å². The summed E-state index contributed by atoms with van der Waals surface area (Å²) in [6.45, 7) is 0. The number of hydrogen-bond acceptors (Lipinski definition) is 4. The Morgan fingerprint density at radius 3 is 2.81 bits per heavy atom. The third-order valence-electron chi connectivity index (χ3n) is 4.59. The van der Waals surface area contributed by atoms with Gasteiger partial charge in [0.25, 0.3) is 5.56 Å². The van der Waals surface area contributed by atoms with E-state index >= 15 is 0 Å². The molecule has 4 aromatic heterocycles. The number of para-hydroxylation sites is 1. The summed E-state index contributed by atoms with van der Waals surface area (Å²) in [5, 5.41) is 16.2. The lowest BCUT2D eigenvalue weighted by Gasteiger charge is -2.04. The van der Waals surface area contributed by atoms with Crippen LogP contribution in [0.2, 0.25) is 0 Å². The van der Waals surface area contributed by atoms with E-state index in [1.807, 2.05) is 66.6 Å². The van der Waals surface area contributed by atoms with Crippen LogP contribution in [0.1, 0.15) is 0 Å². The molecule has 4 heterocycles. The molecule has 0 saturated heterocycles. The maximum absolute atomic E-state index is 12.7. The van der Waals surface area contributed by atoms with Crippen LogP contribution in [0.4, 0.5) is 0 Å². The van der Waals surface area contributed by atoms with Gasteiger partial charge in [-0.3, -0.25) is 9.48 Å². The first kappa shape index (κ1) is 15.8. The minimum Gasteiger partial charge on any atom is -0.354 e. The number of rotatable bonds is 3. The first-order valence-electron chi connectivity index (χ1n) is 8.43. The molecule has 0 fully saturated rings. The van der Waals surface area contributed by atoms with E-state index < -0.39 is 0 Å². The van der Waals surface area contributed by atoms with Gasteiger partial charge in [0.15, 0.2) is 0 Å². The second-order valence-corrected chi connectivity index (χ2v) is 7.11. The summed E-state index contributed by atoms with van der Waals surface area (Å²) in [4.78, 5) is 16.1. The molecular weight excluding hydrogens is 358 g/mol. The average Bonchev–Trinajstić information content (AvgIpc) is 3.41. The van der Waals surface area contributed by atoms with Crippen LogP contribution >= 0.6 is 11.3 Å². The summed E-state index contributed by atoms with van der Waals surface area (Å²) in [5.41, 5.74) is 5.71. The number of nitrogens with one attached hydrogen (secondary N) is 2. The Morgan fingerprint density at radius 2 is 2.04 bits per heavy atom. The molecule has 27 heavy (non-hydrogen) atoms. The van der Waals surface area contributed by atoms with Gasteiger partial charge in [-0.1, -0.05) is 18.2 Å². The Bertz CT molecular complexity index is 1310. The lowest BCUT2D eigenvalue weighted by atomic mass is 10.0. The highest BCUT2D eigenvalue weighted by molar-refractivity contribution is 7.08. The molecule has 0 saturated carbocycles. The molecule has 0 radical (unpaired) electrons. The summed E-state index contributed by atoms with van der Waals surface area (Å²) in [5.74, 6) is 0. The van der Waals surface area contributed by atoms with Crippen molar-refractivity contribution in [3.8, 4) is 33.6 Å². The molecule has 0 aliphatic rings. The zero-order valence-corrected chi connectivity index (χ0v) is 15.2. The molecule has 0 atom stereocenters. The highest BCUT2D eigenvalue weighted by Gasteiger charge is 2.19. The van der Waals surface area contributed by atoms with Crippen LogP contribution in [0.5, 0.6) is 0 Å². The second kappa shape index (κ2) is 6.07. The largest absolute Gasteiger partial charge is 0.354 e.